The third-order valence-corrected chi connectivity index (χ3v) is 5.42. The fourth-order valence-corrected chi connectivity index (χ4v) is 4.09. The molecule has 0 aliphatic carbocycles. The van der Waals surface area contributed by atoms with Gasteiger partial charge in [-0.25, -0.2) is 4.58 Å². The van der Waals surface area contributed by atoms with Gasteiger partial charge in [-0.1, -0.05) is 6.07 Å². The monoisotopic (exact) mass is 392 g/mol. The van der Waals surface area contributed by atoms with Crippen LogP contribution in [0.25, 0.3) is 0 Å². The highest BCUT2D eigenvalue weighted by Gasteiger charge is 2.32. The van der Waals surface area contributed by atoms with E-state index in [9.17, 15) is 0 Å². The van der Waals surface area contributed by atoms with Gasteiger partial charge in [0, 0.05) is 6.42 Å². The number of benzene rings is 2. The summed E-state index contributed by atoms with van der Waals surface area (Å²) >= 11 is 0. The van der Waals surface area contributed by atoms with Crippen molar-refractivity contribution in [2.24, 2.45) is 0 Å². The third kappa shape index (κ3) is 3.01. The Kier molecular flexibility index (Phi) is 4.39. The van der Waals surface area contributed by atoms with Gasteiger partial charge in [0.05, 0.1) is 31.6 Å². The average molecular weight is 392 g/mol. The maximum absolute atomic E-state index is 5.81. The van der Waals surface area contributed by atoms with Gasteiger partial charge in [-0.2, -0.15) is 0 Å². The summed E-state index contributed by atoms with van der Waals surface area (Å²) < 4.78 is 30.4. The topological polar surface area (TPSA) is 53.1 Å². The minimum absolute atomic E-state index is 0.263. The highest BCUT2D eigenvalue weighted by molar-refractivity contribution is 6.09. The fraction of sp³-hybridized carbons (Fsp3) is 0.261. The molecule has 0 fully saturated rings. The van der Waals surface area contributed by atoms with Crippen molar-refractivity contribution in [1.29, 1.82) is 0 Å². The first kappa shape index (κ1) is 17.7. The number of rotatable bonds is 5. The number of ether oxygens (including phenoxy) is 4. The van der Waals surface area contributed by atoms with E-state index < -0.39 is 0 Å². The van der Waals surface area contributed by atoms with E-state index in [2.05, 4.69) is 22.8 Å². The molecular formula is C23H22NO5+. The summed E-state index contributed by atoms with van der Waals surface area (Å²) in [7, 11) is 3.33. The Morgan fingerprint density at radius 2 is 1.86 bits per heavy atom. The number of fused-ring (bicyclic) bond motifs is 2. The molecule has 0 saturated carbocycles. The number of methoxy groups -OCH3 is 2. The Hall–Kier alpha value is -3.41. The normalized spacial score (nSPS) is 14.7. The largest absolute Gasteiger partial charge is 0.493 e. The van der Waals surface area contributed by atoms with E-state index in [1.165, 1.54) is 5.56 Å². The van der Waals surface area contributed by atoms with Crippen LogP contribution in [0.4, 0.5) is 0 Å². The molecule has 6 heteroatoms. The van der Waals surface area contributed by atoms with Crippen LogP contribution in [0.3, 0.4) is 0 Å². The molecule has 5 rings (SSSR count). The van der Waals surface area contributed by atoms with E-state index in [-0.39, 0.29) is 6.79 Å². The molecule has 29 heavy (non-hydrogen) atoms. The molecule has 0 radical (unpaired) electrons. The molecule has 3 aromatic rings. The summed E-state index contributed by atoms with van der Waals surface area (Å²) in [4.78, 5) is 0. The standard InChI is InChI=1S/C23H22NO5/c1-25-19-6-3-5-16(23(19)26-2)13-24-9-8-15-11-20-21(29-14-28-20)12-17(15)22(24)18-7-4-10-27-18/h3-7,10-12H,8-9,13-14H2,1-2H3/q+1. The Bertz CT molecular complexity index is 1080. The van der Waals surface area contributed by atoms with E-state index in [1.807, 2.05) is 24.3 Å². The summed E-state index contributed by atoms with van der Waals surface area (Å²) in [6.45, 7) is 1.78. The van der Waals surface area contributed by atoms with Gasteiger partial charge < -0.3 is 23.4 Å². The Labute approximate surface area is 168 Å². The second-order valence-corrected chi connectivity index (χ2v) is 7.01. The quantitative estimate of drug-likeness (QED) is 0.621. The highest BCUT2D eigenvalue weighted by atomic mass is 16.7. The number of furan rings is 1. The lowest BCUT2D eigenvalue weighted by molar-refractivity contribution is -0.544. The van der Waals surface area contributed by atoms with Crippen LogP contribution in [0.1, 0.15) is 22.5 Å². The molecule has 3 heterocycles. The molecule has 148 valence electrons. The van der Waals surface area contributed by atoms with Crippen LogP contribution in [0.2, 0.25) is 0 Å². The van der Waals surface area contributed by atoms with Gasteiger partial charge in [0.15, 0.2) is 35.3 Å². The molecule has 0 spiro atoms. The second kappa shape index (κ2) is 7.20. The van der Waals surface area contributed by atoms with Crippen molar-refractivity contribution in [3.8, 4) is 23.0 Å². The Balaban J connectivity index is 1.65. The van der Waals surface area contributed by atoms with E-state index in [1.54, 1.807) is 20.5 Å². The van der Waals surface area contributed by atoms with Crippen LogP contribution >= 0.6 is 0 Å². The Morgan fingerprint density at radius 1 is 1.00 bits per heavy atom. The first-order chi connectivity index (χ1) is 14.3. The molecule has 2 aromatic carbocycles. The molecule has 2 aliphatic rings. The van der Waals surface area contributed by atoms with Gasteiger partial charge in [0.1, 0.15) is 6.54 Å². The van der Waals surface area contributed by atoms with E-state index in [0.717, 1.165) is 58.6 Å². The van der Waals surface area contributed by atoms with Crippen LogP contribution in [0, 0.1) is 0 Å². The molecule has 2 aliphatic heterocycles. The van der Waals surface area contributed by atoms with Crippen molar-refractivity contribution in [2.45, 2.75) is 13.0 Å². The van der Waals surface area contributed by atoms with Crippen LogP contribution in [0.15, 0.2) is 53.1 Å². The molecule has 0 amide bonds. The number of hydrogen-bond donors (Lipinski definition) is 0. The van der Waals surface area contributed by atoms with E-state index in [0.29, 0.717) is 6.54 Å². The minimum atomic E-state index is 0.263. The number of hydrogen-bond acceptors (Lipinski definition) is 5. The zero-order valence-electron chi connectivity index (χ0n) is 16.4. The molecule has 0 bridgehead atoms. The van der Waals surface area contributed by atoms with Crippen molar-refractivity contribution < 1.29 is 27.9 Å². The molecule has 1 aromatic heterocycles. The van der Waals surface area contributed by atoms with Crippen molar-refractivity contribution in [3.05, 3.63) is 71.2 Å². The van der Waals surface area contributed by atoms with Crippen molar-refractivity contribution >= 4 is 5.71 Å². The first-order valence-corrected chi connectivity index (χ1v) is 9.57. The van der Waals surface area contributed by atoms with Gasteiger partial charge >= 0.3 is 0 Å². The van der Waals surface area contributed by atoms with Gasteiger partial charge in [0.2, 0.25) is 6.79 Å². The van der Waals surface area contributed by atoms with Crippen LogP contribution in [0.5, 0.6) is 23.0 Å². The number of para-hydroxylation sites is 1. The van der Waals surface area contributed by atoms with Gasteiger partial charge in [0.25, 0.3) is 5.71 Å². The van der Waals surface area contributed by atoms with Gasteiger partial charge in [-0.05, 0) is 42.0 Å². The van der Waals surface area contributed by atoms with Crippen LogP contribution in [-0.4, -0.2) is 37.8 Å². The van der Waals surface area contributed by atoms with E-state index >= 15 is 0 Å². The lowest BCUT2D eigenvalue weighted by Gasteiger charge is -2.19. The summed E-state index contributed by atoms with van der Waals surface area (Å²) in [5.41, 5.74) is 4.44. The van der Waals surface area contributed by atoms with Crippen molar-refractivity contribution in [3.63, 3.8) is 0 Å². The molecule has 0 unspecified atom stereocenters. The predicted octanol–water partition coefficient (Wildman–Crippen LogP) is 3.63. The lowest BCUT2D eigenvalue weighted by Crippen LogP contribution is -2.30. The lowest BCUT2D eigenvalue weighted by atomic mass is 9.94. The van der Waals surface area contributed by atoms with Crippen LogP contribution < -0.4 is 18.9 Å². The van der Waals surface area contributed by atoms with Gasteiger partial charge in [-0.15, -0.1) is 0 Å². The molecular weight excluding hydrogens is 370 g/mol. The van der Waals surface area contributed by atoms with Gasteiger partial charge in [-0.3, -0.25) is 0 Å². The van der Waals surface area contributed by atoms with E-state index in [4.69, 9.17) is 23.4 Å². The summed E-state index contributed by atoms with van der Waals surface area (Å²) in [5.74, 6) is 3.89. The van der Waals surface area contributed by atoms with Crippen molar-refractivity contribution in [1.82, 2.24) is 0 Å². The highest BCUT2D eigenvalue weighted by Crippen LogP contribution is 2.38. The summed E-state index contributed by atoms with van der Waals surface area (Å²) in [5, 5.41) is 0. The average Bonchev–Trinajstić information content (AvgIpc) is 3.43. The Morgan fingerprint density at radius 3 is 2.62 bits per heavy atom. The number of nitrogens with zero attached hydrogens (tertiary/aromatic N) is 1. The summed E-state index contributed by atoms with van der Waals surface area (Å²) in [6.07, 6.45) is 2.61. The third-order valence-electron chi connectivity index (χ3n) is 5.42. The summed E-state index contributed by atoms with van der Waals surface area (Å²) in [6, 6.07) is 14.0. The predicted molar refractivity (Wildman–Crippen MR) is 107 cm³/mol. The molecule has 0 atom stereocenters. The SMILES string of the molecule is COc1cccc(C[N+]2=C(c3ccco3)c3cc4c(cc3CC2)OCO4)c1OC. The smallest absolute Gasteiger partial charge is 0.250 e. The minimum Gasteiger partial charge on any atom is -0.493 e. The first-order valence-electron chi connectivity index (χ1n) is 9.57. The maximum Gasteiger partial charge on any atom is 0.250 e. The zero-order valence-corrected chi connectivity index (χ0v) is 16.4. The maximum atomic E-state index is 5.81. The zero-order chi connectivity index (χ0) is 19.8. The molecule has 6 nitrogen and oxygen atoms in total. The second-order valence-electron chi connectivity index (χ2n) is 7.01. The molecule has 0 saturated heterocycles. The molecule has 0 N–H and O–H groups in total. The van der Waals surface area contributed by atoms with Crippen molar-refractivity contribution in [2.75, 3.05) is 27.6 Å². The fourth-order valence-electron chi connectivity index (χ4n) is 4.09. The van der Waals surface area contributed by atoms with Crippen LogP contribution in [-0.2, 0) is 13.0 Å².